The first-order valence-corrected chi connectivity index (χ1v) is 5.70. The molecule has 2 aromatic heterocycles. The quantitative estimate of drug-likeness (QED) is 0.651. The molecule has 102 valence electrons. The standard InChI is InChI=1S/C10H15N7O2/c1-6-8(17(18)19)10(16(4)14-6)12-7(2)9-13-11-5-15(9)3/h5,7,12H,1-4H3. The van der Waals surface area contributed by atoms with Crippen molar-refractivity contribution in [2.24, 2.45) is 14.1 Å². The molecule has 0 radical (unpaired) electrons. The van der Waals surface area contributed by atoms with Gasteiger partial charge in [0.15, 0.2) is 5.82 Å². The van der Waals surface area contributed by atoms with Crippen molar-refractivity contribution in [1.29, 1.82) is 0 Å². The van der Waals surface area contributed by atoms with Gasteiger partial charge in [0.1, 0.15) is 12.0 Å². The number of hydrogen-bond acceptors (Lipinski definition) is 6. The molecule has 1 unspecified atom stereocenters. The van der Waals surface area contributed by atoms with Crippen LogP contribution in [0.3, 0.4) is 0 Å². The Morgan fingerprint density at radius 3 is 2.68 bits per heavy atom. The second-order valence-electron chi connectivity index (χ2n) is 4.33. The molecule has 9 heteroatoms. The molecule has 0 spiro atoms. The van der Waals surface area contributed by atoms with Crippen LogP contribution < -0.4 is 5.32 Å². The van der Waals surface area contributed by atoms with Crippen LogP contribution in [-0.2, 0) is 14.1 Å². The Bertz CT molecular complexity index is 615. The van der Waals surface area contributed by atoms with Crippen LogP contribution in [0.15, 0.2) is 6.33 Å². The molecule has 9 nitrogen and oxygen atoms in total. The topological polar surface area (TPSA) is 104 Å². The molecule has 0 saturated carbocycles. The molecule has 0 aliphatic heterocycles. The number of rotatable bonds is 4. The van der Waals surface area contributed by atoms with Gasteiger partial charge in [-0.05, 0) is 13.8 Å². The zero-order valence-electron chi connectivity index (χ0n) is 11.2. The minimum Gasteiger partial charge on any atom is -0.355 e. The number of nitro groups is 1. The van der Waals surface area contributed by atoms with Crippen LogP contribution in [0.25, 0.3) is 0 Å². The van der Waals surface area contributed by atoms with Crippen molar-refractivity contribution in [1.82, 2.24) is 24.5 Å². The Labute approximate surface area is 109 Å². The Balaban J connectivity index is 2.34. The molecule has 2 rings (SSSR count). The van der Waals surface area contributed by atoms with Gasteiger partial charge in [-0.1, -0.05) is 0 Å². The van der Waals surface area contributed by atoms with E-state index in [4.69, 9.17) is 0 Å². The number of aryl methyl sites for hydroxylation is 3. The van der Waals surface area contributed by atoms with Crippen molar-refractivity contribution >= 4 is 11.5 Å². The maximum Gasteiger partial charge on any atom is 0.333 e. The van der Waals surface area contributed by atoms with Gasteiger partial charge in [-0.25, -0.2) is 4.68 Å². The normalized spacial score (nSPS) is 12.4. The van der Waals surface area contributed by atoms with E-state index in [2.05, 4.69) is 20.6 Å². The van der Waals surface area contributed by atoms with E-state index in [-0.39, 0.29) is 11.7 Å². The molecule has 0 aliphatic rings. The van der Waals surface area contributed by atoms with Gasteiger partial charge in [-0.2, -0.15) is 5.10 Å². The fourth-order valence-electron chi connectivity index (χ4n) is 1.98. The van der Waals surface area contributed by atoms with E-state index in [9.17, 15) is 10.1 Å². The summed E-state index contributed by atoms with van der Waals surface area (Å²) in [4.78, 5) is 10.6. The minimum absolute atomic E-state index is 0.0171. The van der Waals surface area contributed by atoms with E-state index in [0.29, 0.717) is 17.3 Å². The van der Waals surface area contributed by atoms with Gasteiger partial charge in [0.05, 0.1) is 11.0 Å². The maximum absolute atomic E-state index is 11.1. The number of hydrogen-bond donors (Lipinski definition) is 1. The Hall–Kier alpha value is -2.45. The third-order valence-electron chi connectivity index (χ3n) is 2.86. The first-order valence-electron chi connectivity index (χ1n) is 5.70. The van der Waals surface area contributed by atoms with Crippen LogP contribution in [0.5, 0.6) is 0 Å². The molecular formula is C10H15N7O2. The molecule has 0 aliphatic carbocycles. The summed E-state index contributed by atoms with van der Waals surface area (Å²) in [6.45, 7) is 3.46. The number of nitrogens with one attached hydrogen (secondary N) is 1. The Morgan fingerprint density at radius 2 is 2.16 bits per heavy atom. The lowest BCUT2D eigenvalue weighted by molar-refractivity contribution is -0.384. The molecule has 2 heterocycles. The Kier molecular flexibility index (Phi) is 3.19. The average molecular weight is 265 g/mol. The SMILES string of the molecule is Cc1nn(C)c(NC(C)c2nncn2C)c1[N+](=O)[O-]. The fourth-order valence-corrected chi connectivity index (χ4v) is 1.98. The second-order valence-corrected chi connectivity index (χ2v) is 4.33. The van der Waals surface area contributed by atoms with E-state index in [1.54, 1.807) is 24.9 Å². The summed E-state index contributed by atoms with van der Waals surface area (Å²) in [5.41, 5.74) is 0.358. The van der Waals surface area contributed by atoms with E-state index < -0.39 is 4.92 Å². The second kappa shape index (κ2) is 4.67. The lowest BCUT2D eigenvalue weighted by atomic mass is 10.3. The zero-order valence-corrected chi connectivity index (χ0v) is 11.2. The van der Waals surface area contributed by atoms with Crippen molar-refractivity contribution < 1.29 is 4.92 Å². The molecule has 2 aromatic rings. The smallest absolute Gasteiger partial charge is 0.333 e. The third kappa shape index (κ3) is 2.26. The minimum atomic E-state index is -0.436. The summed E-state index contributed by atoms with van der Waals surface area (Å²) in [5, 5.41) is 25.9. The van der Waals surface area contributed by atoms with Crippen molar-refractivity contribution in [3.63, 3.8) is 0 Å². The molecular weight excluding hydrogens is 250 g/mol. The van der Waals surface area contributed by atoms with Gasteiger partial charge >= 0.3 is 5.69 Å². The van der Waals surface area contributed by atoms with E-state index >= 15 is 0 Å². The summed E-state index contributed by atoms with van der Waals surface area (Å²) in [6, 6.07) is -0.221. The van der Waals surface area contributed by atoms with E-state index in [0.717, 1.165) is 0 Å². The van der Waals surface area contributed by atoms with Crippen molar-refractivity contribution in [2.45, 2.75) is 19.9 Å². The fraction of sp³-hybridized carbons (Fsp3) is 0.500. The van der Waals surface area contributed by atoms with E-state index in [1.807, 2.05) is 14.0 Å². The molecule has 0 bridgehead atoms. The van der Waals surface area contributed by atoms with Crippen LogP contribution >= 0.6 is 0 Å². The van der Waals surface area contributed by atoms with Gasteiger partial charge in [-0.3, -0.25) is 10.1 Å². The predicted octanol–water partition coefficient (Wildman–Crippen LogP) is 0.938. The van der Waals surface area contributed by atoms with E-state index in [1.165, 1.54) is 4.68 Å². The summed E-state index contributed by atoms with van der Waals surface area (Å²) in [6.07, 6.45) is 1.58. The van der Waals surface area contributed by atoms with Crippen molar-refractivity contribution in [2.75, 3.05) is 5.32 Å². The predicted molar refractivity (Wildman–Crippen MR) is 67.6 cm³/mol. The van der Waals surface area contributed by atoms with Crippen LogP contribution in [-0.4, -0.2) is 29.5 Å². The molecule has 1 atom stereocenters. The summed E-state index contributed by atoms with van der Waals surface area (Å²) in [5.74, 6) is 1.05. The highest BCUT2D eigenvalue weighted by Gasteiger charge is 2.26. The van der Waals surface area contributed by atoms with Crippen LogP contribution in [0.2, 0.25) is 0 Å². The summed E-state index contributed by atoms with van der Waals surface area (Å²) < 4.78 is 3.22. The molecule has 0 fully saturated rings. The lowest BCUT2D eigenvalue weighted by Gasteiger charge is -2.13. The van der Waals surface area contributed by atoms with Crippen molar-refractivity contribution in [3.8, 4) is 0 Å². The molecule has 1 N–H and O–H groups in total. The van der Waals surface area contributed by atoms with Gasteiger partial charge in [0.25, 0.3) is 0 Å². The number of anilines is 1. The number of aromatic nitrogens is 5. The highest BCUT2D eigenvalue weighted by molar-refractivity contribution is 5.60. The highest BCUT2D eigenvalue weighted by Crippen LogP contribution is 2.29. The van der Waals surface area contributed by atoms with Crippen LogP contribution in [0.4, 0.5) is 11.5 Å². The Morgan fingerprint density at radius 1 is 1.47 bits per heavy atom. The molecule has 0 saturated heterocycles. The average Bonchev–Trinajstić information content (AvgIpc) is 2.83. The van der Waals surface area contributed by atoms with Crippen LogP contribution in [0, 0.1) is 17.0 Å². The van der Waals surface area contributed by atoms with Gasteiger partial charge in [0.2, 0.25) is 5.82 Å². The molecule has 0 amide bonds. The van der Waals surface area contributed by atoms with Gasteiger partial charge < -0.3 is 9.88 Å². The highest BCUT2D eigenvalue weighted by atomic mass is 16.6. The first kappa shape index (κ1) is 13.0. The zero-order chi connectivity index (χ0) is 14.2. The van der Waals surface area contributed by atoms with Gasteiger partial charge in [-0.15, -0.1) is 10.2 Å². The third-order valence-corrected chi connectivity index (χ3v) is 2.86. The monoisotopic (exact) mass is 265 g/mol. The van der Waals surface area contributed by atoms with Crippen LogP contribution in [0.1, 0.15) is 24.5 Å². The molecule has 0 aromatic carbocycles. The maximum atomic E-state index is 11.1. The molecule has 19 heavy (non-hydrogen) atoms. The number of nitrogens with zero attached hydrogens (tertiary/aromatic N) is 6. The first-order chi connectivity index (χ1) is 8.91. The lowest BCUT2D eigenvalue weighted by Crippen LogP contribution is -2.15. The summed E-state index contributed by atoms with van der Waals surface area (Å²) >= 11 is 0. The van der Waals surface area contributed by atoms with Crippen molar-refractivity contribution in [3.05, 3.63) is 28.0 Å². The van der Waals surface area contributed by atoms with Gasteiger partial charge in [0, 0.05) is 14.1 Å². The largest absolute Gasteiger partial charge is 0.355 e. The summed E-state index contributed by atoms with van der Waals surface area (Å²) in [7, 11) is 3.47.